The summed E-state index contributed by atoms with van der Waals surface area (Å²) < 4.78 is 5.63. The molecule has 0 bridgehead atoms. The molecule has 1 aromatic carbocycles. The number of carbonyl (C=O) groups excluding carboxylic acids is 1. The van der Waals surface area contributed by atoms with E-state index in [-0.39, 0.29) is 18.4 Å². The number of hydrogen-bond acceptors (Lipinski definition) is 5. The monoisotopic (exact) mass is 325 g/mol. The van der Waals surface area contributed by atoms with Gasteiger partial charge in [-0.05, 0) is 36.1 Å². The smallest absolute Gasteiger partial charge is 0.264 e. The highest BCUT2D eigenvalue weighted by atomic mass is 35.5. The number of aromatic nitrogens is 2. The molecule has 1 aromatic heterocycles. The van der Waals surface area contributed by atoms with Crippen LogP contribution in [0.3, 0.4) is 0 Å². The van der Waals surface area contributed by atoms with Crippen LogP contribution in [0.1, 0.15) is 30.9 Å². The van der Waals surface area contributed by atoms with Gasteiger partial charge in [-0.3, -0.25) is 10.1 Å². The minimum absolute atomic E-state index is 0.0830. The van der Waals surface area contributed by atoms with Crippen molar-refractivity contribution < 1.29 is 9.53 Å². The Hall–Kier alpha value is -1.66. The molecule has 0 fully saturated rings. The van der Waals surface area contributed by atoms with Crippen LogP contribution in [-0.2, 0) is 4.79 Å². The zero-order valence-corrected chi connectivity index (χ0v) is 13.6. The van der Waals surface area contributed by atoms with E-state index >= 15 is 0 Å². The summed E-state index contributed by atoms with van der Waals surface area (Å²) in [7, 11) is 0. The van der Waals surface area contributed by atoms with E-state index in [1.807, 2.05) is 19.1 Å². The lowest BCUT2D eigenvalue weighted by molar-refractivity contribution is -0.118. The standard InChI is InChI=1S/C14H16ClN3O2S/c1-8(2)10-5-11(15)9(3)4-12(10)20-6-13(19)17-14-18-16-7-21-14/h4-5,7-8H,6H2,1-3H3,(H,17,18,19). The van der Waals surface area contributed by atoms with Gasteiger partial charge in [-0.15, -0.1) is 10.2 Å². The number of hydrogen-bond donors (Lipinski definition) is 1. The molecule has 0 radical (unpaired) electrons. The van der Waals surface area contributed by atoms with Crippen molar-refractivity contribution in [1.82, 2.24) is 10.2 Å². The highest BCUT2D eigenvalue weighted by molar-refractivity contribution is 7.13. The zero-order chi connectivity index (χ0) is 15.4. The predicted molar refractivity (Wildman–Crippen MR) is 84.3 cm³/mol. The SMILES string of the molecule is Cc1cc(OCC(=O)Nc2nncs2)c(C(C)C)cc1Cl. The van der Waals surface area contributed by atoms with E-state index in [0.717, 1.165) is 11.1 Å². The van der Waals surface area contributed by atoms with Crippen molar-refractivity contribution in [2.24, 2.45) is 0 Å². The largest absolute Gasteiger partial charge is 0.483 e. The van der Waals surface area contributed by atoms with Crippen LogP contribution in [0.15, 0.2) is 17.6 Å². The van der Waals surface area contributed by atoms with Crippen LogP contribution in [0.25, 0.3) is 0 Å². The molecule has 0 saturated heterocycles. The fraction of sp³-hybridized carbons (Fsp3) is 0.357. The summed E-state index contributed by atoms with van der Waals surface area (Å²) in [5.74, 6) is 0.665. The van der Waals surface area contributed by atoms with E-state index in [2.05, 4.69) is 29.4 Å². The van der Waals surface area contributed by atoms with E-state index in [9.17, 15) is 4.79 Å². The molecule has 1 N–H and O–H groups in total. The van der Waals surface area contributed by atoms with E-state index in [4.69, 9.17) is 16.3 Å². The summed E-state index contributed by atoms with van der Waals surface area (Å²) >= 11 is 7.40. The third-order valence-corrected chi connectivity index (χ3v) is 3.89. The van der Waals surface area contributed by atoms with Crippen molar-refractivity contribution in [1.29, 1.82) is 0 Å². The van der Waals surface area contributed by atoms with Crippen molar-refractivity contribution in [3.63, 3.8) is 0 Å². The molecule has 0 aliphatic rings. The molecule has 0 aliphatic carbocycles. The Morgan fingerprint density at radius 2 is 2.24 bits per heavy atom. The number of aryl methyl sites for hydroxylation is 1. The molecule has 1 heterocycles. The van der Waals surface area contributed by atoms with Gasteiger partial charge in [-0.1, -0.05) is 36.8 Å². The Kier molecular flexibility index (Phi) is 5.14. The minimum Gasteiger partial charge on any atom is -0.483 e. The second-order valence-corrected chi connectivity index (χ2v) is 6.12. The van der Waals surface area contributed by atoms with Crippen molar-refractivity contribution >= 4 is 34.0 Å². The second-order valence-electron chi connectivity index (χ2n) is 4.87. The van der Waals surface area contributed by atoms with Gasteiger partial charge in [0.25, 0.3) is 5.91 Å². The number of halogens is 1. The molecule has 0 spiro atoms. The average Bonchev–Trinajstić information content (AvgIpc) is 2.92. The molecule has 7 heteroatoms. The van der Waals surface area contributed by atoms with Crippen LogP contribution >= 0.6 is 22.9 Å². The number of amides is 1. The third kappa shape index (κ3) is 4.15. The topological polar surface area (TPSA) is 64.1 Å². The van der Waals surface area contributed by atoms with Crippen LogP contribution in [0.4, 0.5) is 5.13 Å². The first-order valence-corrected chi connectivity index (χ1v) is 7.72. The summed E-state index contributed by atoms with van der Waals surface area (Å²) in [6, 6.07) is 3.75. The van der Waals surface area contributed by atoms with Gasteiger partial charge >= 0.3 is 0 Å². The number of rotatable bonds is 5. The summed E-state index contributed by atoms with van der Waals surface area (Å²) in [6.45, 7) is 5.92. The van der Waals surface area contributed by atoms with Crippen LogP contribution in [0.5, 0.6) is 5.75 Å². The molecule has 0 saturated carbocycles. The lowest BCUT2D eigenvalue weighted by Gasteiger charge is -2.15. The number of nitrogens with zero attached hydrogens (tertiary/aromatic N) is 2. The maximum Gasteiger partial charge on any atom is 0.264 e. The van der Waals surface area contributed by atoms with Gasteiger partial charge in [0.15, 0.2) is 6.61 Å². The lowest BCUT2D eigenvalue weighted by Crippen LogP contribution is -2.20. The molecular formula is C14H16ClN3O2S. The van der Waals surface area contributed by atoms with Gasteiger partial charge in [0, 0.05) is 5.02 Å². The maximum absolute atomic E-state index is 11.8. The number of carbonyl (C=O) groups is 1. The number of anilines is 1. The van der Waals surface area contributed by atoms with Gasteiger partial charge < -0.3 is 4.74 Å². The fourth-order valence-corrected chi connectivity index (χ4v) is 2.41. The lowest BCUT2D eigenvalue weighted by atomic mass is 10.0. The van der Waals surface area contributed by atoms with Crippen LogP contribution in [-0.4, -0.2) is 22.7 Å². The Morgan fingerprint density at radius 3 is 2.86 bits per heavy atom. The van der Waals surface area contributed by atoms with Crippen molar-refractivity contribution in [3.05, 3.63) is 33.8 Å². The van der Waals surface area contributed by atoms with Crippen LogP contribution in [0, 0.1) is 6.92 Å². The first-order chi connectivity index (χ1) is 9.97. The zero-order valence-electron chi connectivity index (χ0n) is 12.0. The summed E-state index contributed by atoms with van der Waals surface area (Å²) in [5.41, 5.74) is 3.45. The van der Waals surface area contributed by atoms with Gasteiger partial charge in [0.2, 0.25) is 5.13 Å². The summed E-state index contributed by atoms with van der Waals surface area (Å²) in [5, 5.41) is 11.2. The number of benzene rings is 1. The highest BCUT2D eigenvalue weighted by Crippen LogP contribution is 2.31. The molecule has 0 aliphatic heterocycles. The Balaban J connectivity index is 2.05. The predicted octanol–water partition coefficient (Wildman–Crippen LogP) is 3.64. The molecule has 5 nitrogen and oxygen atoms in total. The van der Waals surface area contributed by atoms with Gasteiger partial charge in [0.1, 0.15) is 11.3 Å². The Bertz CT molecular complexity index is 629. The molecule has 0 unspecified atom stereocenters. The fourth-order valence-electron chi connectivity index (χ4n) is 1.77. The molecule has 0 atom stereocenters. The van der Waals surface area contributed by atoms with Crippen LogP contribution < -0.4 is 10.1 Å². The summed E-state index contributed by atoms with van der Waals surface area (Å²) in [4.78, 5) is 11.8. The van der Waals surface area contributed by atoms with Gasteiger partial charge in [-0.2, -0.15) is 0 Å². The molecule has 112 valence electrons. The molecule has 2 aromatic rings. The molecule has 1 amide bonds. The second kappa shape index (κ2) is 6.87. The minimum atomic E-state index is -0.269. The van der Waals surface area contributed by atoms with Crippen molar-refractivity contribution in [2.45, 2.75) is 26.7 Å². The quantitative estimate of drug-likeness (QED) is 0.911. The molecule has 2 rings (SSSR count). The third-order valence-electron chi connectivity index (χ3n) is 2.88. The van der Waals surface area contributed by atoms with Crippen molar-refractivity contribution in [3.8, 4) is 5.75 Å². The van der Waals surface area contributed by atoms with Gasteiger partial charge in [-0.25, -0.2) is 0 Å². The highest BCUT2D eigenvalue weighted by Gasteiger charge is 2.13. The van der Waals surface area contributed by atoms with E-state index < -0.39 is 0 Å². The first-order valence-electron chi connectivity index (χ1n) is 6.46. The van der Waals surface area contributed by atoms with E-state index in [1.165, 1.54) is 11.3 Å². The first kappa shape index (κ1) is 15.7. The molecule has 21 heavy (non-hydrogen) atoms. The molecular weight excluding hydrogens is 310 g/mol. The van der Waals surface area contributed by atoms with Crippen LogP contribution in [0.2, 0.25) is 5.02 Å². The number of ether oxygens (including phenoxy) is 1. The van der Waals surface area contributed by atoms with Crippen molar-refractivity contribution in [2.75, 3.05) is 11.9 Å². The van der Waals surface area contributed by atoms with Gasteiger partial charge in [0.05, 0.1) is 0 Å². The Morgan fingerprint density at radius 1 is 1.48 bits per heavy atom. The number of nitrogens with one attached hydrogen (secondary N) is 1. The van der Waals surface area contributed by atoms with E-state index in [0.29, 0.717) is 15.9 Å². The Labute approximate surface area is 132 Å². The average molecular weight is 326 g/mol. The maximum atomic E-state index is 11.8. The normalized spacial score (nSPS) is 10.7. The summed E-state index contributed by atoms with van der Waals surface area (Å²) in [6.07, 6.45) is 0. The van der Waals surface area contributed by atoms with E-state index in [1.54, 1.807) is 5.51 Å².